The number of rotatable bonds is 1. The van der Waals surface area contributed by atoms with Crippen molar-refractivity contribution >= 4 is 32.9 Å². The Kier molecular flexibility index (Phi) is 2.29. The van der Waals surface area contributed by atoms with Crippen LogP contribution in [0.3, 0.4) is 0 Å². The molecule has 0 aliphatic carbocycles. The maximum atomic E-state index is 5.51. The lowest BCUT2D eigenvalue weighted by Gasteiger charge is -1.99. The van der Waals surface area contributed by atoms with Crippen LogP contribution in [-0.2, 0) is 0 Å². The average molecular weight is 290 g/mol. The number of aromatic nitrogens is 4. The summed E-state index contributed by atoms with van der Waals surface area (Å²) in [6, 6.07) is 7.93. The van der Waals surface area contributed by atoms with Crippen molar-refractivity contribution in [3.8, 4) is 11.3 Å². The van der Waals surface area contributed by atoms with E-state index >= 15 is 0 Å². The van der Waals surface area contributed by atoms with Crippen molar-refractivity contribution in [2.24, 2.45) is 0 Å². The first-order chi connectivity index (χ1) is 8.24. The first-order valence-corrected chi connectivity index (χ1v) is 5.76. The van der Waals surface area contributed by atoms with Gasteiger partial charge in [0.25, 0.3) is 0 Å². The van der Waals surface area contributed by atoms with E-state index in [1.165, 1.54) is 0 Å². The highest BCUT2D eigenvalue weighted by Crippen LogP contribution is 2.26. The molecule has 0 atom stereocenters. The van der Waals surface area contributed by atoms with Crippen molar-refractivity contribution in [3.05, 3.63) is 34.9 Å². The molecule has 0 radical (unpaired) electrons. The number of nitrogens with zero attached hydrogens (tertiary/aromatic N) is 3. The standard InChI is InChI=1S/C11H8BrN5/c12-7-3-1-2-6(4-7)9-8-5-14-11(13)15-10(8)17-16-9/h1-5H,(H3,13,14,15,16,17). The smallest absolute Gasteiger partial charge is 0.222 e. The minimum absolute atomic E-state index is 0.227. The molecule has 0 fully saturated rings. The molecule has 0 aliphatic rings. The number of aromatic amines is 1. The zero-order valence-electron chi connectivity index (χ0n) is 8.68. The van der Waals surface area contributed by atoms with Crippen LogP contribution in [0.5, 0.6) is 0 Å². The Morgan fingerprint density at radius 3 is 3.00 bits per heavy atom. The second kappa shape index (κ2) is 3.81. The van der Waals surface area contributed by atoms with Crippen molar-refractivity contribution in [1.29, 1.82) is 0 Å². The Bertz CT molecular complexity index is 691. The fourth-order valence-corrected chi connectivity index (χ4v) is 2.08. The zero-order chi connectivity index (χ0) is 11.8. The van der Waals surface area contributed by atoms with E-state index in [0.717, 1.165) is 21.1 Å². The molecule has 0 amide bonds. The number of anilines is 1. The number of benzene rings is 1. The first kappa shape index (κ1) is 10.2. The summed E-state index contributed by atoms with van der Waals surface area (Å²) in [4.78, 5) is 8.04. The van der Waals surface area contributed by atoms with E-state index in [9.17, 15) is 0 Å². The quantitative estimate of drug-likeness (QED) is 0.721. The second-order valence-electron chi connectivity index (χ2n) is 3.57. The van der Waals surface area contributed by atoms with Gasteiger partial charge in [0.05, 0.1) is 11.1 Å². The predicted molar refractivity (Wildman–Crippen MR) is 69.2 cm³/mol. The predicted octanol–water partition coefficient (Wildman–Crippen LogP) is 2.36. The molecule has 5 nitrogen and oxygen atoms in total. The van der Waals surface area contributed by atoms with Gasteiger partial charge in [-0.05, 0) is 12.1 Å². The lowest BCUT2D eigenvalue weighted by atomic mass is 10.1. The van der Waals surface area contributed by atoms with Gasteiger partial charge in [-0.1, -0.05) is 28.1 Å². The number of halogens is 1. The molecule has 3 rings (SSSR count). The van der Waals surface area contributed by atoms with Crippen LogP contribution in [0.2, 0.25) is 0 Å². The van der Waals surface area contributed by atoms with Crippen LogP contribution in [0.1, 0.15) is 0 Å². The minimum Gasteiger partial charge on any atom is -0.368 e. The van der Waals surface area contributed by atoms with Gasteiger partial charge >= 0.3 is 0 Å². The van der Waals surface area contributed by atoms with E-state index in [-0.39, 0.29) is 5.95 Å². The van der Waals surface area contributed by atoms with Gasteiger partial charge in [0, 0.05) is 16.2 Å². The second-order valence-corrected chi connectivity index (χ2v) is 4.49. The number of fused-ring (bicyclic) bond motifs is 1. The normalized spacial score (nSPS) is 10.9. The Hall–Kier alpha value is -1.95. The fourth-order valence-electron chi connectivity index (χ4n) is 1.68. The highest BCUT2D eigenvalue weighted by atomic mass is 79.9. The molecule has 0 spiro atoms. The third-order valence-electron chi connectivity index (χ3n) is 2.44. The fraction of sp³-hybridized carbons (Fsp3) is 0. The van der Waals surface area contributed by atoms with E-state index in [1.807, 2.05) is 24.3 Å². The highest BCUT2D eigenvalue weighted by Gasteiger charge is 2.09. The molecule has 0 saturated carbocycles. The maximum Gasteiger partial charge on any atom is 0.222 e. The lowest BCUT2D eigenvalue weighted by Crippen LogP contribution is -1.93. The summed E-state index contributed by atoms with van der Waals surface area (Å²) in [5.41, 5.74) is 8.00. The number of H-pyrrole nitrogens is 1. The monoisotopic (exact) mass is 289 g/mol. The van der Waals surface area contributed by atoms with Gasteiger partial charge in [0.15, 0.2) is 5.65 Å². The van der Waals surface area contributed by atoms with Crippen molar-refractivity contribution in [2.75, 3.05) is 5.73 Å². The Labute approximate surface area is 105 Å². The number of nitrogen functional groups attached to an aromatic ring is 1. The van der Waals surface area contributed by atoms with Crippen LogP contribution in [0.4, 0.5) is 5.95 Å². The molecule has 17 heavy (non-hydrogen) atoms. The van der Waals surface area contributed by atoms with E-state index in [2.05, 4.69) is 36.1 Å². The van der Waals surface area contributed by atoms with Gasteiger partial charge in [0.2, 0.25) is 5.95 Å². The molecule has 0 saturated heterocycles. The SMILES string of the molecule is Nc1ncc2c(-c3cccc(Br)c3)[nH]nc2n1. The number of nitrogens with two attached hydrogens (primary N) is 1. The van der Waals surface area contributed by atoms with Gasteiger partial charge in [0.1, 0.15) is 0 Å². The van der Waals surface area contributed by atoms with Crippen LogP contribution >= 0.6 is 15.9 Å². The molecule has 2 heterocycles. The van der Waals surface area contributed by atoms with Gasteiger partial charge < -0.3 is 5.73 Å². The van der Waals surface area contributed by atoms with E-state index in [1.54, 1.807) is 6.20 Å². The summed E-state index contributed by atoms with van der Waals surface area (Å²) in [6.45, 7) is 0. The molecule has 84 valence electrons. The van der Waals surface area contributed by atoms with Crippen LogP contribution in [0, 0.1) is 0 Å². The lowest BCUT2D eigenvalue weighted by molar-refractivity contribution is 1.10. The van der Waals surface area contributed by atoms with Gasteiger partial charge in [-0.2, -0.15) is 10.1 Å². The van der Waals surface area contributed by atoms with Crippen molar-refractivity contribution < 1.29 is 0 Å². The highest BCUT2D eigenvalue weighted by molar-refractivity contribution is 9.10. The number of hydrogen-bond acceptors (Lipinski definition) is 4. The zero-order valence-corrected chi connectivity index (χ0v) is 10.3. The molecular weight excluding hydrogens is 282 g/mol. The van der Waals surface area contributed by atoms with E-state index in [0.29, 0.717) is 5.65 Å². The third kappa shape index (κ3) is 1.76. The van der Waals surface area contributed by atoms with Gasteiger partial charge in [-0.3, -0.25) is 5.10 Å². The maximum absolute atomic E-state index is 5.51. The third-order valence-corrected chi connectivity index (χ3v) is 2.94. The van der Waals surface area contributed by atoms with Crippen molar-refractivity contribution in [3.63, 3.8) is 0 Å². The minimum atomic E-state index is 0.227. The van der Waals surface area contributed by atoms with Gasteiger partial charge in [-0.15, -0.1) is 0 Å². The summed E-state index contributed by atoms with van der Waals surface area (Å²) < 4.78 is 1.01. The molecule has 0 aliphatic heterocycles. The summed E-state index contributed by atoms with van der Waals surface area (Å²) >= 11 is 3.44. The molecule has 1 aromatic carbocycles. The number of hydrogen-bond donors (Lipinski definition) is 2. The molecule has 0 unspecified atom stereocenters. The van der Waals surface area contributed by atoms with E-state index < -0.39 is 0 Å². The molecular formula is C11H8BrN5. The first-order valence-electron chi connectivity index (χ1n) is 4.96. The molecule has 6 heteroatoms. The Morgan fingerprint density at radius 1 is 1.29 bits per heavy atom. The Balaban J connectivity index is 2.24. The topological polar surface area (TPSA) is 80.5 Å². The summed E-state index contributed by atoms with van der Waals surface area (Å²) in [5.74, 6) is 0.227. The molecule has 0 bridgehead atoms. The molecule has 3 N–H and O–H groups in total. The van der Waals surface area contributed by atoms with Crippen molar-refractivity contribution in [2.45, 2.75) is 0 Å². The van der Waals surface area contributed by atoms with Crippen LogP contribution in [0.25, 0.3) is 22.3 Å². The van der Waals surface area contributed by atoms with E-state index in [4.69, 9.17) is 5.73 Å². The van der Waals surface area contributed by atoms with Crippen molar-refractivity contribution in [1.82, 2.24) is 20.2 Å². The molecule has 2 aromatic heterocycles. The largest absolute Gasteiger partial charge is 0.368 e. The van der Waals surface area contributed by atoms with Crippen LogP contribution in [0.15, 0.2) is 34.9 Å². The molecule has 3 aromatic rings. The van der Waals surface area contributed by atoms with Gasteiger partial charge in [-0.25, -0.2) is 4.98 Å². The number of nitrogens with one attached hydrogen (secondary N) is 1. The summed E-state index contributed by atoms with van der Waals surface area (Å²) in [6.07, 6.45) is 1.68. The van der Waals surface area contributed by atoms with Crippen LogP contribution in [-0.4, -0.2) is 20.2 Å². The Morgan fingerprint density at radius 2 is 2.18 bits per heavy atom. The summed E-state index contributed by atoms with van der Waals surface area (Å²) in [7, 11) is 0. The summed E-state index contributed by atoms with van der Waals surface area (Å²) in [5, 5.41) is 7.93. The average Bonchev–Trinajstić information content (AvgIpc) is 2.71. The van der Waals surface area contributed by atoms with Crippen LogP contribution < -0.4 is 5.73 Å².